The molecule has 0 atom stereocenters. The molecule has 0 aliphatic carbocycles. The highest BCUT2D eigenvalue weighted by Gasteiger charge is 1.96. The summed E-state index contributed by atoms with van der Waals surface area (Å²) >= 11 is 5.30. The van der Waals surface area contributed by atoms with E-state index in [2.05, 4.69) is 19.1 Å². The van der Waals surface area contributed by atoms with Gasteiger partial charge >= 0.3 is 0 Å². The molecular weight excluding hydrogens is 292 g/mol. The van der Waals surface area contributed by atoms with Gasteiger partial charge in [0.15, 0.2) is 0 Å². The average molecular weight is 329 g/mol. The molecule has 0 saturated heterocycles. The van der Waals surface area contributed by atoms with Crippen LogP contribution >= 0.6 is 11.6 Å². The second kappa shape index (κ2) is 18.7. The Labute approximate surface area is 143 Å². The summed E-state index contributed by atoms with van der Waals surface area (Å²) in [5, 5.41) is -0.187. The van der Waals surface area contributed by atoms with Gasteiger partial charge in [-0.15, -0.1) is 0 Å². The summed E-state index contributed by atoms with van der Waals surface area (Å²) in [6, 6.07) is 0. The van der Waals surface area contributed by atoms with Crippen LogP contribution in [0.4, 0.5) is 0 Å². The molecule has 0 rings (SSSR count). The van der Waals surface area contributed by atoms with Crippen LogP contribution in [0.5, 0.6) is 0 Å². The van der Waals surface area contributed by atoms with Crippen LogP contribution in [-0.2, 0) is 4.79 Å². The summed E-state index contributed by atoms with van der Waals surface area (Å²) in [4.78, 5) is 10.6. The Morgan fingerprint density at radius 3 is 1.55 bits per heavy atom. The van der Waals surface area contributed by atoms with Gasteiger partial charge in [-0.3, -0.25) is 4.79 Å². The van der Waals surface area contributed by atoms with Gasteiger partial charge in [0, 0.05) is 6.42 Å². The second-order valence-corrected chi connectivity index (χ2v) is 6.82. The molecule has 0 fully saturated rings. The first-order valence-corrected chi connectivity index (χ1v) is 9.98. The molecule has 0 heterocycles. The lowest BCUT2D eigenvalue weighted by molar-refractivity contribution is -0.111. The first kappa shape index (κ1) is 21.7. The van der Waals surface area contributed by atoms with E-state index in [0.717, 1.165) is 12.8 Å². The zero-order valence-corrected chi connectivity index (χ0v) is 15.5. The van der Waals surface area contributed by atoms with E-state index >= 15 is 0 Å². The van der Waals surface area contributed by atoms with Gasteiger partial charge in [0.25, 0.3) is 0 Å². The van der Waals surface area contributed by atoms with Crippen LogP contribution < -0.4 is 0 Å². The Hall–Kier alpha value is -0.300. The summed E-state index contributed by atoms with van der Waals surface area (Å²) < 4.78 is 0. The molecule has 2 heteroatoms. The summed E-state index contributed by atoms with van der Waals surface area (Å²) in [7, 11) is 0. The largest absolute Gasteiger partial charge is 0.281 e. The van der Waals surface area contributed by atoms with Crippen molar-refractivity contribution >= 4 is 16.8 Å². The van der Waals surface area contributed by atoms with E-state index in [-0.39, 0.29) is 5.24 Å². The van der Waals surface area contributed by atoms with E-state index in [0.29, 0.717) is 6.42 Å². The van der Waals surface area contributed by atoms with Crippen LogP contribution in [0.1, 0.15) is 110 Å². The third kappa shape index (κ3) is 19.7. The van der Waals surface area contributed by atoms with Crippen molar-refractivity contribution in [1.82, 2.24) is 0 Å². The molecular formula is C20H37ClO. The minimum atomic E-state index is -0.187. The van der Waals surface area contributed by atoms with Crippen LogP contribution in [0.15, 0.2) is 12.2 Å². The molecule has 0 saturated carbocycles. The highest BCUT2D eigenvalue weighted by Crippen LogP contribution is 2.11. The molecule has 1 nitrogen and oxygen atoms in total. The van der Waals surface area contributed by atoms with Crippen molar-refractivity contribution in [3.05, 3.63) is 12.2 Å². The van der Waals surface area contributed by atoms with Crippen molar-refractivity contribution in [2.45, 2.75) is 110 Å². The van der Waals surface area contributed by atoms with Crippen LogP contribution in [0.3, 0.4) is 0 Å². The number of unbranched alkanes of at least 4 members (excludes halogenated alkanes) is 13. The highest BCUT2D eigenvalue weighted by molar-refractivity contribution is 6.63. The first-order chi connectivity index (χ1) is 10.8. The minimum absolute atomic E-state index is 0.187. The van der Waals surface area contributed by atoms with Crippen LogP contribution in [-0.4, -0.2) is 5.24 Å². The Bertz CT molecular complexity index is 260. The fourth-order valence-corrected chi connectivity index (χ4v) is 2.82. The molecule has 0 spiro atoms. The van der Waals surface area contributed by atoms with Crippen molar-refractivity contribution < 1.29 is 4.79 Å². The van der Waals surface area contributed by atoms with Crippen LogP contribution in [0, 0.1) is 0 Å². The van der Waals surface area contributed by atoms with E-state index in [1.54, 1.807) is 0 Å². The summed E-state index contributed by atoms with van der Waals surface area (Å²) in [5.41, 5.74) is 0. The van der Waals surface area contributed by atoms with Gasteiger partial charge in [0.2, 0.25) is 5.24 Å². The zero-order chi connectivity index (χ0) is 16.3. The van der Waals surface area contributed by atoms with Crippen LogP contribution in [0.25, 0.3) is 0 Å². The summed E-state index contributed by atoms with van der Waals surface area (Å²) in [6.45, 7) is 2.27. The number of halogens is 1. The zero-order valence-electron chi connectivity index (χ0n) is 14.8. The second-order valence-electron chi connectivity index (χ2n) is 6.40. The molecule has 0 amide bonds. The lowest BCUT2D eigenvalue weighted by Crippen LogP contribution is -1.86. The van der Waals surface area contributed by atoms with Crippen molar-refractivity contribution in [1.29, 1.82) is 0 Å². The van der Waals surface area contributed by atoms with E-state index in [9.17, 15) is 4.79 Å². The Balaban J connectivity index is 3.06. The van der Waals surface area contributed by atoms with Gasteiger partial charge in [0.05, 0.1) is 0 Å². The van der Waals surface area contributed by atoms with Gasteiger partial charge < -0.3 is 0 Å². The minimum Gasteiger partial charge on any atom is -0.281 e. The molecule has 0 aromatic rings. The third-order valence-corrected chi connectivity index (χ3v) is 4.32. The van der Waals surface area contributed by atoms with E-state index in [4.69, 9.17) is 11.6 Å². The lowest BCUT2D eigenvalue weighted by atomic mass is 10.1. The van der Waals surface area contributed by atoms with Crippen molar-refractivity contribution in [2.24, 2.45) is 0 Å². The fraction of sp³-hybridized carbons (Fsp3) is 0.850. The number of carbonyl (C=O) groups excluding carboxylic acids is 1. The van der Waals surface area contributed by atoms with E-state index in [1.807, 2.05) is 0 Å². The molecule has 0 bridgehead atoms. The maximum absolute atomic E-state index is 10.6. The first-order valence-electron chi connectivity index (χ1n) is 9.60. The maximum atomic E-state index is 10.6. The van der Waals surface area contributed by atoms with Crippen molar-refractivity contribution in [3.8, 4) is 0 Å². The molecule has 0 aromatic heterocycles. The number of carbonyl (C=O) groups is 1. The Morgan fingerprint density at radius 1 is 0.682 bits per heavy atom. The van der Waals surface area contributed by atoms with Crippen molar-refractivity contribution in [3.63, 3.8) is 0 Å². The van der Waals surface area contributed by atoms with E-state index < -0.39 is 0 Å². The average Bonchev–Trinajstić information content (AvgIpc) is 2.50. The van der Waals surface area contributed by atoms with Gasteiger partial charge in [-0.2, -0.15) is 0 Å². The molecule has 22 heavy (non-hydrogen) atoms. The number of hydrogen-bond acceptors (Lipinski definition) is 1. The lowest BCUT2D eigenvalue weighted by Gasteiger charge is -2.00. The molecule has 0 aliphatic rings. The predicted octanol–water partition coefficient (Wildman–Crippen LogP) is 7.57. The third-order valence-electron chi connectivity index (χ3n) is 4.14. The van der Waals surface area contributed by atoms with Gasteiger partial charge in [-0.1, -0.05) is 83.3 Å². The Kier molecular flexibility index (Phi) is 18.5. The van der Waals surface area contributed by atoms with Gasteiger partial charge in [-0.05, 0) is 43.7 Å². The normalized spacial score (nSPS) is 11.4. The monoisotopic (exact) mass is 328 g/mol. The molecule has 0 aliphatic heterocycles. The molecule has 0 N–H and O–H groups in total. The summed E-state index contributed by atoms with van der Waals surface area (Å²) in [6.07, 6.45) is 24.8. The quantitative estimate of drug-likeness (QED) is 0.153. The molecule has 0 unspecified atom stereocenters. The topological polar surface area (TPSA) is 17.1 Å². The number of allylic oxidation sites excluding steroid dienone is 2. The SMILES string of the molecule is CCCCCCCC/C=C/CCCCCCCCCC(=O)Cl. The molecule has 0 aromatic carbocycles. The van der Waals surface area contributed by atoms with Gasteiger partial charge in [-0.25, -0.2) is 0 Å². The highest BCUT2D eigenvalue weighted by atomic mass is 35.5. The predicted molar refractivity (Wildman–Crippen MR) is 99.5 cm³/mol. The molecule has 130 valence electrons. The van der Waals surface area contributed by atoms with Crippen molar-refractivity contribution in [2.75, 3.05) is 0 Å². The van der Waals surface area contributed by atoms with Crippen LogP contribution in [0.2, 0.25) is 0 Å². The van der Waals surface area contributed by atoms with Gasteiger partial charge in [0.1, 0.15) is 0 Å². The number of rotatable bonds is 17. The molecule has 0 radical (unpaired) electrons. The fourth-order valence-electron chi connectivity index (χ4n) is 2.69. The summed E-state index contributed by atoms with van der Waals surface area (Å²) in [5.74, 6) is 0. The smallest absolute Gasteiger partial charge is 0.221 e. The maximum Gasteiger partial charge on any atom is 0.221 e. The van der Waals surface area contributed by atoms with E-state index in [1.165, 1.54) is 83.5 Å². The number of hydrogen-bond donors (Lipinski definition) is 0. The standard InChI is InChI=1S/C20H37ClO/c1-2-3-4-5-6-7-8-9-10-11-12-13-14-15-16-17-18-19-20(21)22/h9-10H,2-8,11-19H2,1H3/b10-9+. The Morgan fingerprint density at radius 2 is 1.09 bits per heavy atom.